The first-order valence-corrected chi connectivity index (χ1v) is 12.4. The maximum atomic E-state index is 13.5. The first-order valence-electron chi connectivity index (χ1n) is 12.4. The van der Waals surface area contributed by atoms with Gasteiger partial charge in [-0.25, -0.2) is 0 Å². The van der Waals surface area contributed by atoms with E-state index in [2.05, 4.69) is 40.3 Å². The van der Waals surface area contributed by atoms with E-state index in [1.165, 1.54) is 25.0 Å². The van der Waals surface area contributed by atoms with Crippen molar-refractivity contribution in [1.29, 1.82) is 0 Å². The molecule has 1 unspecified atom stereocenters. The van der Waals surface area contributed by atoms with Gasteiger partial charge < -0.3 is 20.7 Å². The van der Waals surface area contributed by atoms with Gasteiger partial charge >= 0.3 is 6.18 Å². The number of hydrogen-bond donors (Lipinski definition) is 3. The number of alkyl halides is 3. The Morgan fingerprint density at radius 1 is 1.03 bits per heavy atom. The highest BCUT2D eigenvalue weighted by Crippen LogP contribution is 2.49. The summed E-state index contributed by atoms with van der Waals surface area (Å²) in [6.07, 6.45) is 9.07. The van der Waals surface area contributed by atoms with Crippen molar-refractivity contribution >= 4 is 5.69 Å². The van der Waals surface area contributed by atoms with E-state index in [0.717, 1.165) is 51.1 Å². The number of anilines is 1. The van der Waals surface area contributed by atoms with Gasteiger partial charge in [0.25, 0.3) is 0 Å². The number of piperidine rings is 1. The Hall–Kier alpha value is -1.83. The molecule has 0 aromatic heterocycles. The van der Waals surface area contributed by atoms with Crippen LogP contribution >= 0.6 is 0 Å². The maximum absolute atomic E-state index is 13.5. The zero-order chi connectivity index (χ0) is 22.8. The molecule has 5 rings (SSSR count). The Balaban J connectivity index is 1.33. The third kappa shape index (κ3) is 5.15. The number of allylic oxidation sites excluding steroid dienone is 3. The van der Waals surface area contributed by atoms with E-state index in [9.17, 15) is 13.2 Å². The summed E-state index contributed by atoms with van der Waals surface area (Å²) in [5, 5.41) is 10.6. The molecule has 0 radical (unpaired) electrons. The molecule has 3 N–H and O–H groups in total. The van der Waals surface area contributed by atoms with E-state index >= 15 is 0 Å². The van der Waals surface area contributed by atoms with Crippen LogP contribution in [0.4, 0.5) is 18.9 Å². The van der Waals surface area contributed by atoms with Gasteiger partial charge in [0, 0.05) is 35.7 Å². The molecule has 0 bridgehead atoms. The maximum Gasteiger partial charge on any atom is 0.416 e. The Bertz CT molecular complexity index is 878. The SMILES string of the molecule is FC(F)(F)c1ccc2c(c1)[C@H]1O[C@@H](CNCC3CCNCC3)CC[C@H]1[C@H](C1C=CC=CC1)N2. The summed E-state index contributed by atoms with van der Waals surface area (Å²) in [7, 11) is 0. The average Bonchev–Trinajstić information content (AvgIpc) is 2.84. The number of halogens is 3. The number of benzene rings is 1. The predicted molar refractivity (Wildman–Crippen MR) is 124 cm³/mol. The fourth-order valence-corrected chi connectivity index (χ4v) is 5.95. The van der Waals surface area contributed by atoms with E-state index in [0.29, 0.717) is 17.4 Å². The highest BCUT2D eigenvalue weighted by Gasteiger charge is 2.44. The lowest BCUT2D eigenvalue weighted by Crippen LogP contribution is -2.48. The molecule has 1 aliphatic carbocycles. The monoisotopic (exact) mass is 461 g/mol. The van der Waals surface area contributed by atoms with Gasteiger partial charge in [-0.2, -0.15) is 13.2 Å². The van der Waals surface area contributed by atoms with Crippen LogP contribution in [0.1, 0.15) is 49.3 Å². The van der Waals surface area contributed by atoms with Gasteiger partial charge in [0.05, 0.1) is 17.8 Å². The summed E-state index contributed by atoms with van der Waals surface area (Å²) in [5.41, 5.74) is 0.834. The van der Waals surface area contributed by atoms with Crippen LogP contribution in [0.5, 0.6) is 0 Å². The van der Waals surface area contributed by atoms with Crippen LogP contribution in [0, 0.1) is 17.8 Å². The number of rotatable bonds is 5. The number of nitrogens with one attached hydrogen (secondary N) is 3. The van der Waals surface area contributed by atoms with Crippen molar-refractivity contribution in [1.82, 2.24) is 10.6 Å². The summed E-state index contributed by atoms with van der Waals surface area (Å²) in [4.78, 5) is 0. The first-order chi connectivity index (χ1) is 16.0. The molecule has 1 aromatic carbocycles. The molecule has 0 spiro atoms. The summed E-state index contributed by atoms with van der Waals surface area (Å²) < 4.78 is 47.0. The predicted octanol–water partition coefficient (Wildman–Crippen LogP) is 5.06. The fourth-order valence-electron chi connectivity index (χ4n) is 5.95. The molecule has 3 heterocycles. The topological polar surface area (TPSA) is 45.3 Å². The molecule has 0 amide bonds. The third-order valence-corrected chi connectivity index (χ3v) is 7.76. The highest BCUT2D eigenvalue weighted by molar-refractivity contribution is 5.58. The van der Waals surface area contributed by atoms with Crippen molar-refractivity contribution in [2.24, 2.45) is 17.8 Å². The van der Waals surface area contributed by atoms with Crippen LogP contribution in [-0.2, 0) is 10.9 Å². The lowest BCUT2D eigenvalue weighted by atomic mass is 9.73. The normalized spacial score (nSPS) is 32.2. The van der Waals surface area contributed by atoms with Gasteiger partial charge in [-0.05, 0) is 75.9 Å². The molecule has 4 aliphatic rings. The molecule has 3 aliphatic heterocycles. The largest absolute Gasteiger partial charge is 0.416 e. The highest BCUT2D eigenvalue weighted by atomic mass is 19.4. The van der Waals surface area contributed by atoms with Gasteiger partial charge in [0.1, 0.15) is 0 Å². The molecule has 33 heavy (non-hydrogen) atoms. The molecule has 7 heteroatoms. The van der Waals surface area contributed by atoms with Crippen LogP contribution in [0.3, 0.4) is 0 Å². The Labute approximate surface area is 194 Å². The second-order valence-electron chi connectivity index (χ2n) is 9.95. The van der Waals surface area contributed by atoms with Gasteiger partial charge in [-0.3, -0.25) is 0 Å². The van der Waals surface area contributed by atoms with Crippen molar-refractivity contribution in [3.63, 3.8) is 0 Å². The number of ether oxygens (including phenoxy) is 1. The minimum Gasteiger partial charge on any atom is -0.381 e. The summed E-state index contributed by atoms with van der Waals surface area (Å²) in [6.45, 7) is 3.89. The lowest BCUT2D eigenvalue weighted by molar-refractivity contribution is -0.138. The van der Waals surface area contributed by atoms with Crippen LogP contribution in [0.15, 0.2) is 42.5 Å². The molecular formula is C26H34F3N3O. The molecule has 180 valence electrons. The van der Waals surface area contributed by atoms with Crippen molar-refractivity contribution in [2.45, 2.75) is 56.5 Å². The minimum absolute atomic E-state index is 0.0240. The quantitative estimate of drug-likeness (QED) is 0.574. The van der Waals surface area contributed by atoms with Crippen molar-refractivity contribution in [3.05, 3.63) is 53.6 Å². The van der Waals surface area contributed by atoms with Crippen LogP contribution < -0.4 is 16.0 Å². The van der Waals surface area contributed by atoms with E-state index in [-0.39, 0.29) is 24.2 Å². The van der Waals surface area contributed by atoms with E-state index in [1.807, 2.05) is 0 Å². The number of fused-ring (bicyclic) bond motifs is 3. The van der Waals surface area contributed by atoms with Crippen molar-refractivity contribution < 1.29 is 17.9 Å². The Morgan fingerprint density at radius 3 is 2.64 bits per heavy atom. The third-order valence-electron chi connectivity index (χ3n) is 7.76. The molecule has 5 atom stereocenters. The smallest absolute Gasteiger partial charge is 0.381 e. The summed E-state index contributed by atoms with van der Waals surface area (Å²) in [6, 6.07) is 4.23. The fraction of sp³-hybridized carbons (Fsp3) is 0.615. The standard InChI is InChI=1S/C26H34F3N3O/c27-26(28,29)19-6-9-23-22(14-19)25-21(24(32-23)18-4-2-1-3-5-18)8-7-20(33-25)16-31-15-17-10-12-30-13-11-17/h1-4,6,9,14,17-18,20-21,24-25,30-32H,5,7-8,10-13,15-16H2/t18?,20-,21+,24+,25+/m1/s1. The Morgan fingerprint density at radius 2 is 1.88 bits per heavy atom. The average molecular weight is 462 g/mol. The van der Waals surface area contributed by atoms with Crippen molar-refractivity contribution in [2.75, 3.05) is 31.5 Å². The first kappa shape index (κ1) is 22.9. The molecule has 2 saturated heterocycles. The van der Waals surface area contributed by atoms with Gasteiger partial charge in [0.2, 0.25) is 0 Å². The number of hydrogen-bond acceptors (Lipinski definition) is 4. The van der Waals surface area contributed by atoms with E-state index in [1.54, 1.807) is 6.07 Å². The zero-order valence-corrected chi connectivity index (χ0v) is 18.9. The Kier molecular flexibility index (Phi) is 6.81. The second kappa shape index (κ2) is 9.80. The van der Waals surface area contributed by atoms with Crippen molar-refractivity contribution in [3.8, 4) is 0 Å². The summed E-state index contributed by atoms with van der Waals surface area (Å²) >= 11 is 0. The van der Waals surface area contributed by atoms with E-state index < -0.39 is 11.7 Å². The summed E-state index contributed by atoms with van der Waals surface area (Å²) in [5.74, 6) is 1.16. The molecule has 0 saturated carbocycles. The molecule has 2 fully saturated rings. The molecule has 4 nitrogen and oxygen atoms in total. The van der Waals surface area contributed by atoms with Crippen LogP contribution in [0.25, 0.3) is 0 Å². The zero-order valence-electron chi connectivity index (χ0n) is 18.9. The molecular weight excluding hydrogens is 427 g/mol. The molecule has 1 aromatic rings. The van der Waals surface area contributed by atoms with Gasteiger partial charge in [-0.1, -0.05) is 24.3 Å². The minimum atomic E-state index is -4.36. The second-order valence-corrected chi connectivity index (χ2v) is 9.95. The van der Waals surface area contributed by atoms with Crippen LogP contribution in [0.2, 0.25) is 0 Å². The van der Waals surface area contributed by atoms with E-state index in [4.69, 9.17) is 4.74 Å². The van der Waals surface area contributed by atoms with Crippen LogP contribution in [-0.4, -0.2) is 38.3 Å². The lowest BCUT2D eigenvalue weighted by Gasteiger charge is -2.48. The van der Waals surface area contributed by atoms with Gasteiger partial charge in [-0.15, -0.1) is 0 Å². The van der Waals surface area contributed by atoms with Gasteiger partial charge in [0.15, 0.2) is 0 Å².